The minimum atomic E-state index is -3.81. The van der Waals surface area contributed by atoms with Crippen molar-refractivity contribution in [1.29, 1.82) is 0 Å². The molecule has 2 N–H and O–H groups in total. The highest BCUT2D eigenvalue weighted by Gasteiger charge is 2.19. The van der Waals surface area contributed by atoms with E-state index < -0.39 is 21.9 Å². The molecular weight excluding hydrogens is 327 g/mol. The average molecular weight is 344 g/mol. The van der Waals surface area contributed by atoms with Gasteiger partial charge in [-0.3, -0.25) is 4.72 Å². The summed E-state index contributed by atoms with van der Waals surface area (Å²) < 4.78 is 40.1. The summed E-state index contributed by atoms with van der Waals surface area (Å²) in [5, 5.41) is 11.5. The first kappa shape index (κ1) is 16.9. The Bertz CT molecular complexity index is 759. The second-order valence-electron chi connectivity index (χ2n) is 4.93. The van der Waals surface area contributed by atoms with E-state index in [1.54, 1.807) is 5.38 Å². The normalized spacial score (nSPS) is 13.1. The maximum atomic E-state index is 13.1. The van der Waals surface area contributed by atoms with Crippen molar-refractivity contribution in [2.45, 2.75) is 37.7 Å². The molecule has 0 fully saturated rings. The highest BCUT2D eigenvalue weighted by atomic mass is 32.2. The van der Waals surface area contributed by atoms with Crippen molar-refractivity contribution in [3.8, 4) is 0 Å². The van der Waals surface area contributed by atoms with Crippen LogP contribution in [-0.4, -0.2) is 24.6 Å². The van der Waals surface area contributed by atoms with E-state index in [0.717, 1.165) is 17.4 Å². The lowest BCUT2D eigenvalue weighted by Crippen LogP contribution is -2.14. The summed E-state index contributed by atoms with van der Waals surface area (Å²) in [5.41, 5.74) is 0.957. The molecule has 0 aliphatic rings. The number of anilines is 1. The number of hydrogen-bond acceptors (Lipinski definition) is 5. The van der Waals surface area contributed by atoms with Crippen molar-refractivity contribution in [2.75, 3.05) is 4.72 Å². The lowest BCUT2D eigenvalue weighted by Gasteiger charge is -2.08. The molecule has 5 nitrogen and oxygen atoms in total. The van der Waals surface area contributed by atoms with Crippen LogP contribution in [0.5, 0.6) is 0 Å². The van der Waals surface area contributed by atoms with E-state index in [1.165, 1.54) is 19.1 Å². The lowest BCUT2D eigenvalue weighted by atomic mass is 10.2. The molecule has 1 heterocycles. The van der Waals surface area contributed by atoms with Crippen molar-refractivity contribution in [3.63, 3.8) is 0 Å². The predicted octanol–water partition coefficient (Wildman–Crippen LogP) is 2.70. The molecule has 22 heavy (non-hydrogen) atoms. The van der Waals surface area contributed by atoms with Gasteiger partial charge in [0.05, 0.1) is 16.7 Å². The van der Waals surface area contributed by atoms with Crippen LogP contribution in [-0.2, 0) is 16.4 Å². The first-order valence-corrected chi connectivity index (χ1v) is 9.09. The Labute approximate surface area is 132 Å². The van der Waals surface area contributed by atoms with Crippen LogP contribution in [0.1, 0.15) is 24.6 Å². The zero-order chi connectivity index (χ0) is 16.3. The Morgan fingerprint density at radius 2 is 2.18 bits per heavy atom. The van der Waals surface area contributed by atoms with Crippen LogP contribution in [0.2, 0.25) is 0 Å². The third kappa shape index (κ3) is 4.02. The van der Waals surface area contributed by atoms with Gasteiger partial charge in [-0.05, 0) is 37.1 Å². The van der Waals surface area contributed by atoms with Gasteiger partial charge >= 0.3 is 0 Å². The molecule has 1 aromatic carbocycles. The smallest absolute Gasteiger partial charge is 0.263 e. The summed E-state index contributed by atoms with van der Waals surface area (Å²) in [6, 6.07) is 3.49. The number of aliphatic hydroxyl groups is 1. The fourth-order valence-electron chi connectivity index (χ4n) is 1.92. The monoisotopic (exact) mass is 344 g/mol. The molecule has 120 valence electrons. The molecule has 0 saturated carbocycles. The molecule has 0 radical (unpaired) electrons. The lowest BCUT2D eigenvalue weighted by molar-refractivity contribution is 0.170. The van der Waals surface area contributed by atoms with Gasteiger partial charge in [0.15, 0.2) is 5.13 Å². The largest absolute Gasteiger partial charge is 0.393 e. The number of benzene rings is 1. The van der Waals surface area contributed by atoms with Gasteiger partial charge in [0.2, 0.25) is 0 Å². The molecule has 0 spiro atoms. The van der Waals surface area contributed by atoms with E-state index in [9.17, 15) is 17.9 Å². The van der Waals surface area contributed by atoms with Crippen LogP contribution in [0.25, 0.3) is 0 Å². The summed E-state index contributed by atoms with van der Waals surface area (Å²) >= 11 is 1.15. The number of aromatic nitrogens is 1. The SMILES string of the molecule is CCC(O)Cc1csc(NS(=O)(=O)c2ccc(F)cc2C)n1. The summed E-state index contributed by atoms with van der Waals surface area (Å²) in [4.78, 5) is 4.16. The zero-order valence-electron chi connectivity index (χ0n) is 12.2. The van der Waals surface area contributed by atoms with Crippen molar-refractivity contribution in [3.05, 3.63) is 40.7 Å². The van der Waals surface area contributed by atoms with E-state index in [2.05, 4.69) is 9.71 Å². The summed E-state index contributed by atoms with van der Waals surface area (Å²) in [7, 11) is -3.81. The van der Waals surface area contributed by atoms with E-state index in [1.807, 2.05) is 6.92 Å². The average Bonchev–Trinajstić information content (AvgIpc) is 2.84. The van der Waals surface area contributed by atoms with Crippen molar-refractivity contribution >= 4 is 26.5 Å². The van der Waals surface area contributed by atoms with Gasteiger partial charge in [-0.15, -0.1) is 11.3 Å². The van der Waals surface area contributed by atoms with Gasteiger partial charge in [0, 0.05) is 11.8 Å². The molecule has 8 heteroatoms. The van der Waals surface area contributed by atoms with Crippen molar-refractivity contribution in [1.82, 2.24) is 4.98 Å². The number of rotatable bonds is 6. The second-order valence-corrected chi connectivity index (χ2v) is 7.43. The van der Waals surface area contributed by atoms with E-state index >= 15 is 0 Å². The fourth-order valence-corrected chi connectivity index (χ4v) is 4.12. The molecule has 0 aliphatic heterocycles. The Hall–Kier alpha value is -1.51. The molecular formula is C14H17FN2O3S2. The van der Waals surface area contributed by atoms with Crippen LogP contribution < -0.4 is 4.72 Å². The molecule has 2 rings (SSSR count). The quantitative estimate of drug-likeness (QED) is 0.844. The van der Waals surface area contributed by atoms with Crippen LogP contribution in [0.4, 0.5) is 9.52 Å². The third-order valence-electron chi connectivity index (χ3n) is 3.12. The molecule has 0 amide bonds. The van der Waals surface area contributed by atoms with E-state index in [0.29, 0.717) is 24.1 Å². The first-order valence-electron chi connectivity index (χ1n) is 6.73. The van der Waals surface area contributed by atoms with Crippen LogP contribution in [0.3, 0.4) is 0 Å². The summed E-state index contributed by atoms with van der Waals surface area (Å²) in [5.74, 6) is -0.485. The summed E-state index contributed by atoms with van der Waals surface area (Å²) in [6.45, 7) is 3.39. The Kier molecular flexibility index (Phi) is 5.15. The number of nitrogens with zero attached hydrogens (tertiary/aromatic N) is 1. The van der Waals surface area contributed by atoms with Gasteiger partial charge in [0.25, 0.3) is 10.0 Å². The molecule has 0 aliphatic carbocycles. The number of aliphatic hydroxyl groups excluding tert-OH is 1. The van der Waals surface area contributed by atoms with Gasteiger partial charge < -0.3 is 5.11 Å². The molecule has 1 unspecified atom stereocenters. The number of sulfonamides is 1. The van der Waals surface area contributed by atoms with Gasteiger partial charge in [0.1, 0.15) is 5.82 Å². The highest BCUT2D eigenvalue weighted by molar-refractivity contribution is 7.93. The number of thiazole rings is 1. The van der Waals surface area contributed by atoms with Crippen molar-refractivity contribution < 1.29 is 17.9 Å². The standard InChI is InChI=1S/C14H17FN2O3S2/c1-3-12(18)7-11-8-21-14(16-11)17-22(19,20)13-5-4-10(15)6-9(13)2/h4-6,8,12,18H,3,7H2,1-2H3,(H,16,17). The summed E-state index contributed by atoms with van der Waals surface area (Å²) in [6.07, 6.45) is 0.489. The topological polar surface area (TPSA) is 79.3 Å². The first-order chi connectivity index (χ1) is 10.3. The van der Waals surface area contributed by atoms with E-state index in [4.69, 9.17) is 0 Å². The van der Waals surface area contributed by atoms with Gasteiger partial charge in [-0.1, -0.05) is 6.92 Å². The molecule has 0 bridgehead atoms. The minimum Gasteiger partial charge on any atom is -0.393 e. The number of aryl methyl sites for hydroxylation is 1. The number of halogens is 1. The Balaban J connectivity index is 2.18. The van der Waals surface area contributed by atoms with Crippen LogP contribution >= 0.6 is 11.3 Å². The van der Waals surface area contributed by atoms with Gasteiger partial charge in [-0.2, -0.15) is 0 Å². The number of hydrogen-bond donors (Lipinski definition) is 2. The molecule has 0 saturated heterocycles. The van der Waals surface area contributed by atoms with E-state index in [-0.39, 0.29) is 10.0 Å². The van der Waals surface area contributed by atoms with Crippen molar-refractivity contribution in [2.24, 2.45) is 0 Å². The fraction of sp³-hybridized carbons (Fsp3) is 0.357. The Morgan fingerprint density at radius 3 is 2.82 bits per heavy atom. The maximum absolute atomic E-state index is 13.1. The van der Waals surface area contributed by atoms with Crippen LogP contribution in [0.15, 0.2) is 28.5 Å². The predicted molar refractivity (Wildman–Crippen MR) is 84.1 cm³/mol. The highest BCUT2D eigenvalue weighted by Crippen LogP contribution is 2.23. The second kappa shape index (κ2) is 6.72. The molecule has 2 aromatic rings. The Morgan fingerprint density at radius 1 is 1.45 bits per heavy atom. The maximum Gasteiger partial charge on any atom is 0.263 e. The van der Waals surface area contributed by atoms with Crippen LogP contribution in [0, 0.1) is 12.7 Å². The molecule has 1 atom stereocenters. The third-order valence-corrected chi connectivity index (χ3v) is 5.55. The number of nitrogens with one attached hydrogen (secondary N) is 1. The molecule has 1 aromatic heterocycles. The van der Waals surface area contributed by atoms with Gasteiger partial charge in [-0.25, -0.2) is 17.8 Å². The minimum absolute atomic E-state index is 0.0132. The zero-order valence-corrected chi connectivity index (χ0v) is 13.8.